The van der Waals surface area contributed by atoms with Crippen molar-refractivity contribution in [3.05, 3.63) is 57.3 Å². The lowest BCUT2D eigenvalue weighted by Crippen LogP contribution is -2.26. The summed E-state index contributed by atoms with van der Waals surface area (Å²) in [5.74, 6) is -0.0683. The molecule has 126 valence electrons. The fourth-order valence-corrected chi connectivity index (χ4v) is 3.65. The SMILES string of the molecule is CCC(=O)N1N=C(c2cc(C)cs2)CC1c1ccc(C(F)F)cc1. The highest BCUT2D eigenvalue weighted by Crippen LogP contribution is 2.35. The van der Waals surface area contributed by atoms with E-state index in [0.717, 1.165) is 21.7 Å². The highest BCUT2D eigenvalue weighted by atomic mass is 32.1. The first-order chi connectivity index (χ1) is 11.5. The average molecular weight is 348 g/mol. The van der Waals surface area contributed by atoms with Crippen LogP contribution in [0.25, 0.3) is 0 Å². The van der Waals surface area contributed by atoms with E-state index in [-0.39, 0.29) is 17.5 Å². The van der Waals surface area contributed by atoms with Gasteiger partial charge in [-0.15, -0.1) is 11.3 Å². The molecule has 1 aliphatic rings. The molecule has 1 amide bonds. The quantitative estimate of drug-likeness (QED) is 0.758. The Hall–Kier alpha value is -2.08. The number of nitrogens with zero attached hydrogens (tertiary/aromatic N) is 2. The largest absolute Gasteiger partial charge is 0.273 e. The molecule has 0 radical (unpaired) electrons. The van der Waals surface area contributed by atoms with Crippen LogP contribution in [0.5, 0.6) is 0 Å². The van der Waals surface area contributed by atoms with Gasteiger partial charge >= 0.3 is 0 Å². The summed E-state index contributed by atoms with van der Waals surface area (Å²) < 4.78 is 25.5. The summed E-state index contributed by atoms with van der Waals surface area (Å²) in [6.07, 6.45) is -1.54. The minimum atomic E-state index is -2.49. The van der Waals surface area contributed by atoms with Gasteiger partial charge in [-0.3, -0.25) is 4.79 Å². The van der Waals surface area contributed by atoms with E-state index < -0.39 is 6.43 Å². The molecule has 0 aliphatic carbocycles. The van der Waals surface area contributed by atoms with Crippen molar-refractivity contribution in [2.24, 2.45) is 5.10 Å². The predicted molar refractivity (Wildman–Crippen MR) is 91.5 cm³/mol. The number of carbonyl (C=O) groups excluding carboxylic acids is 1. The van der Waals surface area contributed by atoms with Crippen LogP contribution in [-0.2, 0) is 4.79 Å². The van der Waals surface area contributed by atoms with E-state index >= 15 is 0 Å². The van der Waals surface area contributed by atoms with E-state index in [1.54, 1.807) is 30.4 Å². The summed E-state index contributed by atoms with van der Waals surface area (Å²) in [4.78, 5) is 13.3. The number of amides is 1. The summed E-state index contributed by atoms with van der Waals surface area (Å²) >= 11 is 1.60. The number of thiophene rings is 1. The molecular formula is C18H18F2N2OS. The van der Waals surface area contributed by atoms with Crippen LogP contribution in [0.2, 0.25) is 0 Å². The van der Waals surface area contributed by atoms with Gasteiger partial charge in [-0.1, -0.05) is 31.2 Å². The third-order valence-corrected chi connectivity index (χ3v) is 5.15. The van der Waals surface area contributed by atoms with Gasteiger partial charge < -0.3 is 0 Å². The molecule has 0 spiro atoms. The van der Waals surface area contributed by atoms with Crippen molar-refractivity contribution in [1.29, 1.82) is 0 Å². The molecule has 24 heavy (non-hydrogen) atoms. The molecule has 0 saturated heterocycles. The number of hydrogen-bond donors (Lipinski definition) is 0. The first-order valence-corrected chi connectivity index (χ1v) is 8.70. The zero-order chi connectivity index (χ0) is 17.3. The van der Waals surface area contributed by atoms with Crippen LogP contribution in [0, 0.1) is 6.92 Å². The maximum atomic E-state index is 12.7. The molecular weight excluding hydrogens is 330 g/mol. The van der Waals surface area contributed by atoms with Gasteiger partial charge in [0.15, 0.2) is 0 Å². The molecule has 1 aliphatic heterocycles. The van der Waals surface area contributed by atoms with Crippen LogP contribution < -0.4 is 0 Å². The average Bonchev–Trinajstić information content (AvgIpc) is 3.20. The normalized spacial score (nSPS) is 17.5. The predicted octanol–water partition coefficient (Wildman–Crippen LogP) is 5.08. The van der Waals surface area contributed by atoms with Gasteiger partial charge in [-0.05, 0) is 29.5 Å². The Morgan fingerprint density at radius 1 is 1.38 bits per heavy atom. The Bertz CT molecular complexity index is 768. The van der Waals surface area contributed by atoms with Crippen LogP contribution in [0.4, 0.5) is 8.78 Å². The van der Waals surface area contributed by atoms with Crippen LogP contribution >= 0.6 is 11.3 Å². The van der Waals surface area contributed by atoms with E-state index in [1.165, 1.54) is 17.1 Å². The van der Waals surface area contributed by atoms with Crippen molar-refractivity contribution in [3.8, 4) is 0 Å². The molecule has 6 heteroatoms. The minimum Gasteiger partial charge on any atom is -0.273 e. The summed E-state index contributed by atoms with van der Waals surface area (Å²) in [5.41, 5.74) is 2.85. The Morgan fingerprint density at radius 3 is 2.62 bits per heavy atom. The molecule has 0 N–H and O–H groups in total. The van der Waals surface area contributed by atoms with Gasteiger partial charge in [-0.25, -0.2) is 13.8 Å². The van der Waals surface area contributed by atoms with E-state index in [4.69, 9.17) is 0 Å². The van der Waals surface area contributed by atoms with E-state index in [1.807, 2.05) is 6.92 Å². The van der Waals surface area contributed by atoms with E-state index in [2.05, 4.69) is 16.5 Å². The van der Waals surface area contributed by atoms with Crippen LogP contribution in [-0.4, -0.2) is 16.6 Å². The topological polar surface area (TPSA) is 32.7 Å². The lowest BCUT2D eigenvalue weighted by Gasteiger charge is -2.21. The Balaban J connectivity index is 1.90. The lowest BCUT2D eigenvalue weighted by atomic mass is 9.99. The van der Waals surface area contributed by atoms with Crippen molar-refractivity contribution in [2.45, 2.75) is 39.2 Å². The first-order valence-electron chi connectivity index (χ1n) is 7.82. The van der Waals surface area contributed by atoms with Gasteiger partial charge in [0, 0.05) is 18.4 Å². The second-order valence-electron chi connectivity index (χ2n) is 5.81. The molecule has 1 aromatic carbocycles. The van der Waals surface area contributed by atoms with Crippen LogP contribution in [0.3, 0.4) is 0 Å². The molecule has 0 saturated carbocycles. The second kappa shape index (κ2) is 6.81. The third-order valence-electron chi connectivity index (χ3n) is 4.06. The molecule has 2 heterocycles. The Labute approximate surface area is 143 Å². The highest BCUT2D eigenvalue weighted by molar-refractivity contribution is 7.12. The minimum absolute atomic E-state index is 0.0138. The van der Waals surface area contributed by atoms with Gasteiger partial charge in [0.25, 0.3) is 6.43 Å². The molecule has 2 aromatic rings. The van der Waals surface area contributed by atoms with Crippen molar-refractivity contribution < 1.29 is 13.6 Å². The van der Waals surface area contributed by atoms with Gasteiger partial charge in [0.05, 0.1) is 16.6 Å². The van der Waals surface area contributed by atoms with Crippen molar-refractivity contribution >= 4 is 23.0 Å². The van der Waals surface area contributed by atoms with Gasteiger partial charge in [0.2, 0.25) is 5.91 Å². The lowest BCUT2D eigenvalue weighted by molar-refractivity contribution is -0.132. The maximum Gasteiger partial charge on any atom is 0.263 e. The molecule has 1 unspecified atom stereocenters. The Kier molecular flexibility index (Phi) is 4.76. The Morgan fingerprint density at radius 2 is 2.08 bits per heavy atom. The summed E-state index contributed by atoms with van der Waals surface area (Å²) in [5, 5.41) is 8.07. The molecule has 1 atom stereocenters. The standard InChI is InChI=1S/C18H18F2N2OS/c1-3-17(23)22-15(12-4-6-13(7-5-12)18(19)20)9-14(21-22)16-8-11(2)10-24-16/h4-8,10,15,18H,3,9H2,1-2H3. The first kappa shape index (κ1) is 16.8. The number of hydrogen-bond acceptors (Lipinski definition) is 3. The molecule has 3 nitrogen and oxygen atoms in total. The number of alkyl halides is 2. The monoisotopic (exact) mass is 348 g/mol. The number of carbonyl (C=O) groups is 1. The maximum absolute atomic E-state index is 12.7. The third kappa shape index (κ3) is 3.24. The van der Waals surface area contributed by atoms with Crippen LogP contribution in [0.1, 0.15) is 53.8 Å². The molecule has 0 fully saturated rings. The van der Waals surface area contributed by atoms with Gasteiger partial charge in [-0.2, -0.15) is 5.10 Å². The van der Waals surface area contributed by atoms with Crippen molar-refractivity contribution in [1.82, 2.24) is 5.01 Å². The van der Waals surface area contributed by atoms with Gasteiger partial charge in [0.1, 0.15) is 0 Å². The summed E-state index contributed by atoms with van der Waals surface area (Å²) in [6.45, 7) is 3.81. The molecule has 0 bridgehead atoms. The fourth-order valence-electron chi connectivity index (χ4n) is 2.76. The number of hydrazone groups is 1. The van der Waals surface area contributed by atoms with Crippen molar-refractivity contribution in [3.63, 3.8) is 0 Å². The number of rotatable bonds is 4. The van der Waals surface area contributed by atoms with Crippen molar-refractivity contribution in [2.75, 3.05) is 0 Å². The second-order valence-corrected chi connectivity index (χ2v) is 6.73. The number of benzene rings is 1. The molecule has 1 aromatic heterocycles. The number of aryl methyl sites for hydroxylation is 1. The summed E-state index contributed by atoms with van der Waals surface area (Å²) in [6, 6.07) is 7.99. The summed E-state index contributed by atoms with van der Waals surface area (Å²) in [7, 11) is 0. The van der Waals surface area contributed by atoms with E-state index in [0.29, 0.717) is 12.8 Å². The van der Waals surface area contributed by atoms with E-state index in [9.17, 15) is 13.6 Å². The van der Waals surface area contributed by atoms with Crippen LogP contribution in [0.15, 0.2) is 40.8 Å². The molecule has 3 rings (SSSR count). The number of halogens is 2. The fraction of sp³-hybridized carbons (Fsp3) is 0.333. The highest BCUT2D eigenvalue weighted by Gasteiger charge is 2.32. The zero-order valence-electron chi connectivity index (χ0n) is 13.5. The zero-order valence-corrected chi connectivity index (χ0v) is 14.3. The smallest absolute Gasteiger partial charge is 0.263 e.